The van der Waals surface area contributed by atoms with Crippen LogP contribution < -0.4 is 0 Å². The summed E-state index contributed by atoms with van der Waals surface area (Å²) in [6.07, 6.45) is 1.40. The standard InChI is InChI=1S/C11H9NO4/c1-2-16-10(13)6-5-9-8(11(14)15)4-3-7-12-9/h3-4,7H,2H2,1H3,(H,14,15). The maximum absolute atomic E-state index is 10.9. The van der Waals surface area contributed by atoms with Gasteiger partial charge in [0, 0.05) is 12.1 Å². The van der Waals surface area contributed by atoms with Crippen molar-refractivity contribution in [2.45, 2.75) is 6.92 Å². The van der Waals surface area contributed by atoms with Gasteiger partial charge in [-0.3, -0.25) is 0 Å². The van der Waals surface area contributed by atoms with Crippen LogP contribution in [0.5, 0.6) is 0 Å². The summed E-state index contributed by atoms with van der Waals surface area (Å²) in [5.41, 5.74) is 0.00218. The van der Waals surface area contributed by atoms with Gasteiger partial charge < -0.3 is 9.84 Å². The van der Waals surface area contributed by atoms with E-state index in [1.54, 1.807) is 6.92 Å². The van der Waals surface area contributed by atoms with Crippen molar-refractivity contribution < 1.29 is 19.4 Å². The Morgan fingerprint density at radius 2 is 2.31 bits per heavy atom. The molecule has 0 saturated heterocycles. The molecule has 0 unspecified atom stereocenters. The summed E-state index contributed by atoms with van der Waals surface area (Å²) in [7, 11) is 0. The molecule has 0 saturated carbocycles. The average Bonchev–Trinajstić information content (AvgIpc) is 2.27. The molecule has 0 aliphatic rings. The zero-order valence-electron chi connectivity index (χ0n) is 8.56. The average molecular weight is 219 g/mol. The zero-order valence-corrected chi connectivity index (χ0v) is 8.56. The zero-order chi connectivity index (χ0) is 12.0. The summed E-state index contributed by atoms with van der Waals surface area (Å²) < 4.78 is 4.58. The van der Waals surface area contributed by atoms with Crippen molar-refractivity contribution in [3.05, 3.63) is 29.6 Å². The van der Waals surface area contributed by atoms with E-state index in [9.17, 15) is 9.59 Å². The normalized spacial score (nSPS) is 8.81. The summed E-state index contributed by atoms with van der Waals surface area (Å²) in [4.78, 5) is 25.5. The Hall–Kier alpha value is -2.35. The molecule has 82 valence electrons. The first-order valence-electron chi connectivity index (χ1n) is 4.52. The Labute approximate surface area is 92.1 Å². The van der Waals surface area contributed by atoms with Crippen molar-refractivity contribution in [2.24, 2.45) is 0 Å². The highest BCUT2D eigenvalue weighted by molar-refractivity contribution is 5.92. The molecule has 0 bridgehead atoms. The third-order valence-corrected chi connectivity index (χ3v) is 1.60. The predicted octanol–water partition coefficient (Wildman–Crippen LogP) is 0.694. The number of nitrogens with zero attached hydrogens (tertiary/aromatic N) is 1. The summed E-state index contributed by atoms with van der Waals surface area (Å²) in [5, 5.41) is 8.81. The largest absolute Gasteiger partial charge is 0.478 e. The van der Waals surface area contributed by atoms with Crippen molar-refractivity contribution in [1.29, 1.82) is 0 Å². The van der Waals surface area contributed by atoms with Gasteiger partial charge in [0.25, 0.3) is 0 Å². The molecule has 0 atom stereocenters. The van der Waals surface area contributed by atoms with E-state index in [-0.39, 0.29) is 17.9 Å². The topological polar surface area (TPSA) is 76.5 Å². The lowest BCUT2D eigenvalue weighted by Crippen LogP contribution is -2.03. The summed E-state index contributed by atoms with van der Waals surface area (Å²) >= 11 is 0. The Morgan fingerprint density at radius 1 is 1.56 bits per heavy atom. The van der Waals surface area contributed by atoms with Gasteiger partial charge in [-0.15, -0.1) is 0 Å². The third-order valence-electron chi connectivity index (χ3n) is 1.60. The maximum Gasteiger partial charge on any atom is 0.384 e. The fourth-order valence-electron chi connectivity index (χ4n) is 0.955. The van der Waals surface area contributed by atoms with Gasteiger partial charge in [-0.05, 0) is 25.0 Å². The number of hydrogen-bond donors (Lipinski definition) is 1. The Balaban J connectivity index is 2.96. The van der Waals surface area contributed by atoms with Crippen LogP contribution in [0.3, 0.4) is 0 Å². The second-order valence-electron chi connectivity index (χ2n) is 2.68. The molecule has 0 aromatic carbocycles. The van der Waals surface area contributed by atoms with Gasteiger partial charge in [-0.25, -0.2) is 14.6 Å². The number of aromatic carboxylic acids is 1. The number of carbonyl (C=O) groups is 2. The van der Waals surface area contributed by atoms with Crippen LogP contribution in [0.4, 0.5) is 0 Å². The molecule has 16 heavy (non-hydrogen) atoms. The quantitative estimate of drug-likeness (QED) is 0.585. The molecule has 0 aliphatic heterocycles. The summed E-state index contributed by atoms with van der Waals surface area (Å²) in [5.74, 6) is 2.68. The van der Waals surface area contributed by atoms with Gasteiger partial charge in [0.2, 0.25) is 0 Å². The number of esters is 1. The van der Waals surface area contributed by atoms with E-state index in [0.29, 0.717) is 0 Å². The molecular weight excluding hydrogens is 210 g/mol. The van der Waals surface area contributed by atoms with Gasteiger partial charge in [-0.2, -0.15) is 0 Å². The fourth-order valence-corrected chi connectivity index (χ4v) is 0.955. The maximum atomic E-state index is 10.9. The van der Waals surface area contributed by atoms with Crippen molar-refractivity contribution >= 4 is 11.9 Å². The van der Waals surface area contributed by atoms with E-state index < -0.39 is 11.9 Å². The number of carbonyl (C=O) groups excluding carboxylic acids is 1. The molecule has 0 amide bonds. The predicted molar refractivity (Wildman–Crippen MR) is 54.7 cm³/mol. The summed E-state index contributed by atoms with van der Waals surface area (Å²) in [6, 6.07) is 2.85. The second-order valence-corrected chi connectivity index (χ2v) is 2.68. The third kappa shape index (κ3) is 3.10. The number of carboxylic acids is 1. The van der Waals surface area contributed by atoms with Crippen LogP contribution in [0.2, 0.25) is 0 Å². The number of aromatic nitrogens is 1. The molecule has 5 nitrogen and oxygen atoms in total. The lowest BCUT2D eigenvalue weighted by atomic mass is 10.2. The minimum absolute atomic E-state index is 0.0423. The van der Waals surface area contributed by atoms with Crippen molar-refractivity contribution in [2.75, 3.05) is 6.61 Å². The Bertz CT molecular complexity index is 470. The molecule has 1 aromatic rings. The number of hydrogen-bond acceptors (Lipinski definition) is 4. The first-order valence-corrected chi connectivity index (χ1v) is 4.52. The first-order chi connectivity index (χ1) is 7.65. The van der Waals surface area contributed by atoms with Crippen LogP contribution in [0.1, 0.15) is 23.0 Å². The second kappa shape index (κ2) is 5.51. The van der Waals surface area contributed by atoms with Gasteiger partial charge >= 0.3 is 11.9 Å². The summed E-state index contributed by atoms with van der Waals surface area (Å²) in [6.45, 7) is 1.88. The van der Waals surface area contributed by atoms with E-state index in [1.807, 2.05) is 0 Å². The highest BCUT2D eigenvalue weighted by Gasteiger charge is 2.08. The minimum Gasteiger partial charge on any atom is -0.478 e. The van der Waals surface area contributed by atoms with Gasteiger partial charge in [0.15, 0.2) is 0 Å². The fraction of sp³-hybridized carbons (Fsp3) is 0.182. The van der Waals surface area contributed by atoms with E-state index in [1.165, 1.54) is 18.3 Å². The number of rotatable bonds is 2. The van der Waals surface area contributed by atoms with Crippen molar-refractivity contribution in [3.63, 3.8) is 0 Å². The molecule has 1 N–H and O–H groups in total. The molecule has 1 heterocycles. The molecule has 0 fully saturated rings. The molecular formula is C11H9NO4. The van der Waals surface area contributed by atoms with Gasteiger partial charge in [0.1, 0.15) is 5.69 Å². The Morgan fingerprint density at radius 3 is 2.94 bits per heavy atom. The van der Waals surface area contributed by atoms with Crippen molar-refractivity contribution in [3.8, 4) is 11.8 Å². The lowest BCUT2D eigenvalue weighted by molar-refractivity contribution is -0.136. The molecule has 0 spiro atoms. The van der Waals surface area contributed by atoms with Crippen molar-refractivity contribution in [1.82, 2.24) is 4.98 Å². The van der Waals surface area contributed by atoms with E-state index >= 15 is 0 Å². The highest BCUT2D eigenvalue weighted by Crippen LogP contribution is 2.03. The number of carboxylic acid groups (broad SMARTS) is 1. The van der Waals surface area contributed by atoms with Crippen LogP contribution in [-0.4, -0.2) is 28.6 Å². The SMILES string of the molecule is CCOC(=O)C#Cc1ncccc1C(=O)O. The van der Waals surface area contributed by atoms with E-state index in [0.717, 1.165) is 0 Å². The molecule has 1 aromatic heterocycles. The van der Waals surface area contributed by atoms with Crippen LogP contribution in [0.25, 0.3) is 0 Å². The molecule has 0 radical (unpaired) electrons. The molecule has 0 aliphatic carbocycles. The van der Waals surface area contributed by atoms with Crippen LogP contribution in [-0.2, 0) is 9.53 Å². The lowest BCUT2D eigenvalue weighted by Gasteiger charge is -1.96. The van der Waals surface area contributed by atoms with E-state index in [2.05, 4.69) is 21.6 Å². The molecule has 5 heteroatoms. The minimum atomic E-state index is -1.14. The van der Waals surface area contributed by atoms with Gasteiger partial charge in [-0.1, -0.05) is 0 Å². The number of ether oxygens (including phenoxy) is 1. The smallest absolute Gasteiger partial charge is 0.384 e. The van der Waals surface area contributed by atoms with Crippen LogP contribution in [0, 0.1) is 11.8 Å². The van der Waals surface area contributed by atoms with E-state index in [4.69, 9.17) is 5.11 Å². The van der Waals surface area contributed by atoms with Crippen LogP contribution in [0.15, 0.2) is 18.3 Å². The number of pyridine rings is 1. The Kier molecular flexibility index (Phi) is 4.04. The van der Waals surface area contributed by atoms with Gasteiger partial charge in [0.05, 0.1) is 12.2 Å². The first kappa shape index (κ1) is 11.7. The monoisotopic (exact) mass is 219 g/mol. The van der Waals surface area contributed by atoms with Crippen LogP contribution >= 0.6 is 0 Å². The highest BCUT2D eigenvalue weighted by atomic mass is 16.5. The molecule has 1 rings (SSSR count).